The molecule has 27 heavy (non-hydrogen) atoms. The first-order chi connectivity index (χ1) is 13.0. The number of amides is 1. The Labute approximate surface area is 162 Å². The fraction of sp³-hybridized carbons (Fsp3) is 0.0952. The fourth-order valence-electron chi connectivity index (χ4n) is 2.57. The van der Waals surface area contributed by atoms with E-state index < -0.39 is 0 Å². The van der Waals surface area contributed by atoms with E-state index in [1.165, 1.54) is 0 Å². The lowest BCUT2D eigenvalue weighted by molar-refractivity contribution is 0.102. The van der Waals surface area contributed by atoms with Crippen LogP contribution in [0.2, 0.25) is 5.02 Å². The van der Waals surface area contributed by atoms with Gasteiger partial charge in [0, 0.05) is 28.0 Å². The largest absolute Gasteiger partial charge is 0.438 e. The minimum Gasteiger partial charge on any atom is -0.438 e. The topological polar surface area (TPSA) is 75.0 Å². The minimum atomic E-state index is -0.258. The molecule has 6 heteroatoms. The maximum Gasteiger partial charge on any atom is 0.255 e. The Hall–Kier alpha value is -3.36. The molecule has 1 N–H and O–H groups in total. The molecule has 0 saturated carbocycles. The number of carbonyl (C=O) groups excluding carboxylic acids is 1. The van der Waals surface area contributed by atoms with E-state index in [1.54, 1.807) is 48.5 Å². The number of rotatable bonds is 4. The van der Waals surface area contributed by atoms with Gasteiger partial charge in [-0.05, 0) is 61.9 Å². The molecule has 3 rings (SSSR count). The summed E-state index contributed by atoms with van der Waals surface area (Å²) in [5.74, 6) is 0.458. The van der Waals surface area contributed by atoms with Crippen LogP contribution in [-0.4, -0.2) is 10.9 Å². The number of anilines is 1. The smallest absolute Gasteiger partial charge is 0.255 e. The molecule has 1 heterocycles. The fourth-order valence-corrected chi connectivity index (χ4v) is 2.69. The van der Waals surface area contributed by atoms with Crippen LogP contribution in [0, 0.1) is 25.2 Å². The first-order valence-electron chi connectivity index (χ1n) is 8.19. The summed E-state index contributed by atoms with van der Waals surface area (Å²) in [5.41, 5.74) is 3.00. The van der Waals surface area contributed by atoms with Crippen molar-refractivity contribution in [2.45, 2.75) is 13.8 Å². The van der Waals surface area contributed by atoms with Crippen LogP contribution in [0.25, 0.3) is 0 Å². The third-order valence-corrected chi connectivity index (χ3v) is 4.09. The summed E-state index contributed by atoms with van der Waals surface area (Å²) >= 11 is 5.84. The highest BCUT2D eigenvalue weighted by atomic mass is 35.5. The van der Waals surface area contributed by atoms with Crippen molar-refractivity contribution in [1.82, 2.24) is 4.98 Å². The Morgan fingerprint density at radius 3 is 2.59 bits per heavy atom. The molecule has 134 valence electrons. The van der Waals surface area contributed by atoms with Crippen LogP contribution in [0.15, 0.2) is 54.6 Å². The molecule has 0 bridgehead atoms. The molecule has 0 aliphatic heterocycles. The molecule has 5 nitrogen and oxygen atoms in total. The number of benzene rings is 2. The molecule has 1 aromatic heterocycles. The summed E-state index contributed by atoms with van der Waals surface area (Å²) in [6.45, 7) is 3.67. The first-order valence-corrected chi connectivity index (χ1v) is 8.57. The van der Waals surface area contributed by atoms with Crippen molar-refractivity contribution in [3.63, 3.8) is 0 Å². The Morgan fingerprint density at radius 1 is 1.15 bits per heavy atom. The number of nitrogens with zero attached hydrogens (tertiary/aromatic N) is 2. The number of hydrogen-bond donors (Lipinski definition) is 1. The van der Waals surface area contributed by atoms with Gasteiger partial charge in [-0.2, -0.15) is 5.26 Å². The molecule has 0 spiro atoms. The summed E-state index contributed by atoms with van der Waals surface area (Å²) in [4.78, 5) is 16.6. The van der Waals surface area contributed by atoms with Crippen molar-refractivity contribution in [3.8, 4) is 17.7 Å². The lowest BCUT2D eigenvalue weighted by atomic mass is 10.1. The van der Waals surface area contributed by atoms with Crippen LogP contribution < -0.4 is 10.1 Å². The zero-order valence-corrected chi connectivity index (χ0v) is 15.5. The molecular weight excluding hydrogens is 362 g/mol. The molecule has 0 radical (unpaired) electrons. The van der Waals surface area contributed by atoms with E-state index in [1.807, 2.05) is 19.9 Å². The standard InChI is InChI=1S/C21H16ClN3O2/c1-13-10-14(2)24-21(19(13)12-23)27-18-5-3-4-17(11-18)25-20(26)15-6-8-16(22)9-7-15/h3-11H,1-2H3,(H,25,26). The van der Waals surface area contributed by atoms with Gasteiger partial charge in [-0.1, -0.05) is 17.7 Å². The number of hydrogen-bond acceptors (Lipinski definition) is 4. The normalized spacial score (nSPS) is 10.1. The van der Waals surface area contributed by atoms with Crippen LogP contribution >= 0.6 is 11.6 Å². The van der Waals surface area contributed by atoms with Gasteiger partial charge in [0.25, 0.3) is 5.91 Å². The van der Waals surface area contributed by atoms with Crippen molar-refractivity contribution >= 4 is 23.2 Å². The average molecular weight is 378 g/mol. The van der Waals surface area contributed by atoms with Gasteiger partial charge in [-0.15, -0.1) is 0 Å². The van der Waals surface area contributed by atoms with Crippen molar-refractivity contribution in [2.75, 3.05) is 5.32 Å². The SMILES string of the molecule is Cc1cc(C)c(C#N)c(Oc2cccc(NC(=O)c3ccc(Cl)cc3)c2)n1. The van der Waals surface area contributed by atoms with E-state index >= 15 is 0 Å². The van der Waals surface area contributed by atoms with Crippen molar-refractivity contribution < 1.29 is 9.53 Å². The van der Waals surface area contributed by atoms with Crippen LogP contribution in [0.4, 0.5) is 5.69 Å². The van der Waals surface area contributed by atoms with Crippen LogP contribution in [0.3, 0.4) is 0 Å². The summed E-state index contributed by atoms with van der Waals surface area (Å²) in [7, 11) is 0. The maximum atomic E-state index is 12.3. The summed E-state index contributed by atoms with van der Waals surface area (Å²) < 4.78 is 5.80. The lowest BCUT2D eigenvalue weighted by Gasteiger charge is -2.11. The maximum absolute atomic E-state index is 12.3. The van der Waals surface area contributed by atoms with E-state index in [2.05, 4.69) is 16.4 Å². The van der Waals surface area contributed by atoms with Gasteiger partial charge < -0.3 is 10.1 Å². The zero-order chi connectivity index (χ0) is 19.4. The van der Waals surface area contributed by atoms with Crippen molar-refractivity contribution in [3.05, 3.63) is 82.0 Å². The number of aromatic nitrogens is 1. The molecule has 0 aliphatic carbocycles. The highest BCUT2D eigenvalue weighted by Crippen LogP contribution is 2.27. The third-order valence-electron chi connectivity index (χ3n) is 3.84. The monoisotopic (exact) mass is 377 g/mol. The van der Waals surface area contributed by atoms with E-state index in [0.717, 1.165) is 11.3 Å². The van der Waals surface area contributed by atoms with E-state index in [4.69, 9.17) is 16.3 Å². The number of aryl methyl sites for hydroxylation is 2. The Bertz CT molecular complexity index is 1040. The molecule has 1 amide bonds. The molecule has 0 fully saturated rings. The first kappa shape index (κ1) is 18.4. The number of carbonyl (C=O) groups is 1. The second kappa shape index (κ2) is 7.90. The van der Waals surface area contributed by atoms with Crippen LogP contribution in [0.5, 0.6) is 11.6 Å². The molecule has 3 aromatic rings. The Kier molecular flexibility index (Phi) is 5.39. The Balaban J connectivity index is 1.81. The molecule has 0 aliphatic rings. The van der Waals surface area contributed by atoms with Gasteiger partial charge in [0.2, 0.25) is 5.88 Å². The predicted molar refractivity (Wildman–Crippen MR) is 104 cm³/mol. The van der Waals surface area contributed by atoms with Crippen molar-refractivity contribution in [2.24, 2.45) is 0 Å². The number of pyridine rings is 1. The van der Waals surface area contributed by atoms with Crippen LogP contribution in [-0.2, 0) is 0 Å². The highest BCUT2D eigenvalue weighted by Gasteiger charge is 2.12. The summed E-state index contributed by atoms with van der Waals surface area (Å²) in [6, 6.07) is 17.5. The van der Waals surface area contributed by atoms with E-state index in [0.29, 0.717) is 27.6 Å². The van der Waals surface area contributed by atoms with Gasteiger partial charge in [0.1, 0.15) is 17.4 Å². The summed E-state index contributed by atoms with van der Waals surface area (Å²) in [5, 5.41) is 12.7. The van der Waals surface area contributed by atoms with E-state index in [9.17, 15) is 10.1 Å². The number of ether oxygens (including phenoxy) is 1. The average Bonchev–Trinajstić information content (AvgIpc) is 2.62. The van der Waals surface area contributed by atoms with Gasteiger partial charge in [0.05, 0.1) is 0 Å². The number of nitrogens with one attached hydrogen (secondary N) is 1. The van der Waals surface area contributed by atoms with Gasteiger partial charge >= 0.3 is 0 Å². The molecule has 2 aromatic carbocycles. The number of halogens is 1. The van der Waals surface area contributed by atoms with E-state index in [-0.39, 0.29) is 11.8 Å². The quantitative estimate of drug-likeness (QED) is 0.672. The number of nitriles is 1. The van der Waals surface area contributed by atoms with Gasteiger partial charge in [-0.25, -0.2) is 4.98 Å². The predicted octanol–water partition coefficient (Wildman–Crippen LogP) is 5.27. The minimum absolute atomic E-state index is 0.246. The molecule has 0 saturated heterocycles. The summed E-state index contributed by atoms with van der Waals surface area (Å²) in [6.07, 6.45) is 0. The molecular formula is C21H16ClN3O2. The Morgan fingerprint density at radius 2 is 1.89 bits per heavy atom. The second-order valence-electron chi connectivity index (χ2n) is 5.96. The van der Waals surface area contributed by atoms with Crippen molar-refractivity contribution in [1.29, 1.82) is 5.26 Å². The third kappa shape index (κ3) is 4.43. The van der Waals surface area contributed by atoms with Gasteiger partial charge in [0.15, 0.2) is 0 Å². The van der Waals surface area contributed by atoms with Crippen LogP contribution in [0.1, 0.15) is 27.2 Å². The molecule has 0 atom stereocenters. The highest BCUT2D eigenvalue weighted by molar-refractivity contribution is 6.30. The second-order valence-corrected chi connectivity index (χ2v) is 6.40. The lowest BCUT2D eigenvalue weighted by Crippen LogP contribution is -2.11. The molecule has 0 unspecified atom stereocenters. The van der Waals surface area contributed by atoms with Gasteiger partial charge in [-0.3, -0.25) is 4.79 Å². The zero-order valence-electron chi connectivity index (χ0n) is 14.8.